The maximum Gasteiger partial charge on any atom is 0.260 e. The SMILES string of the molecule is O=C(COc1ccccc1)N1CCC(C(=O)N2CCOCC2)CC1. The van der Waals surface area contributed by atoms with E-state index in [4.69, 9.17) is 9.47 Å². The Morgan fingerprint density at radius 2 is 1.67 bits per heavy atom. The van der Waals surface area contributed by atoms with Gasteiger partial charge < -0.3 is 19.3 Å². The second-order valence-electron chi connectivity index (χ2n) is 6.19. The number of morpholine rings is 1. The molecule has 1 aromatic rings. The first-order chi connectivity index (χ1) is 11.7. The molecule has 2 amide bonds. The van der Waals surface area contributed by atoms with E-state index in [9.17, 15) is 9.59 Å². The van der Waals surface area contributed by atoms with Gasteiger partial charge in [-0.2, -0.15) is 0 Å². The largest absolute Gasteiger partial charge is 0.484 e. The maximum atomic E-state index is 12.5. The summed E-state index contributed by atoms with van der Waals surface area (Å²) in [5.74, 6) is 0.924. The van der Waals surface area contributed by atoms with Gasteiger partial charge in [0, 0.05) is 32.1 Å². The molecule has 0 N–H and O–H groups in total. The third kappa shape index (κ3) is 4.26. The lowest BCUT2D eigenvalue weighted by atomic mass is 9.95. The van der Waals surface area contributed by atoms with Crippen molar-refractivity contribution in [3.05, 3.63) is 30.3 Å². The van der Waals surface area contributed by atoms with Crippen LogP contribution < -0.4 is 4.74 Å². The van der Waals surface area contributed by atoms with Crippen molar-refractivity contribution < 1.29 is 19.1 Å². The number of ether oxygens (including phenoxy) is 2. The molecule has 0 saturated carbocycles. The summed E-state index contributed by atoms with van der Waals surface area (Å²) in [5, 5.41) is 0. The Morgan fingerprint density at radius 3 is 2.33 bits per heavy atom. The molecule has 3 rings (SSSR count). The molecule has 2 saturated heterocycles. The van der Waals surface area contributed by atoms with Crippen molar-refractivity contribution in [3.63, 3.8) is 0 Å². The molecule has 0 unspecified atom stereocenters. The minimum Gasteiger partial charge on any atom is -0.484 e. The van der Waals surface area contributed by atoms with E-state index in [1.807, 2.05) is 35.2 Å². The van der Waals surface area contributed by atoms with Crippen molar-refractivity contribution in [1.29, 1.82) is 0 Å². The summed E-state index contributed by atoms with van der Waals surface area (Å²) in [5.41, 5.74) is 0. The fraction of sp³-hybridized carbons (Fsp3) is 0.556. The quantitative estimate of drug-likeness (QED) is 0.830. The molecule has 2 fully saturated rings. The zero-order chi connectivity index (χ0) is 16.8. The topological polar surface area (TPSA) is 59.1 Å². The molecule has 0 radical (unpaired) electrons. The van der Waals surface area contributed by atoms with E-state index in [2.05, 4.69) is 0 Å². The van der Waals surface area contributed by atoms with E-state index in [0.717, 1.165) is 12.8 Å². The summed E-state index contributed by atoms with van der Waals surface area (Å²) in [4.78, 5) is 28.4. The van der Waals surface area contributed by atoms with Gasteiger partial charge in [0.15, 0.2) is 6.61 Å². The van der Waals surface area contributed by atoms with Gasteiger partial charge in [0.25, 0.3) is 5.91 Å². The van der Waals surface area contributed by atoms with Crippen LogP contribution in [0.3, 0.4) is 0 Å². The second kappa shape index (κ2) is 8.15. The van der Waals surface area contributed by atoms with Gasteiger partial charge in [-0.3, -0.25) is 9.59 Å². The average Bonchev–Trinajstić information content (AvgIpc) is 2.67. The molecule has 0 spiro atoms. The van der Waals surface area contributed by atoms with Crippen LogP contribution in [-0.4, -0.2) is 67.6 Å². The summed E-state index contributed by atoms with van der Waals surface area (Å²) in [6.45, 7) is 3.91. The molecule has 6 heteroatoms. The minimum absolute atomic E-state index is 0.0175. The molecule has 0 bridgehead atoms. The van der Waals surface area contributed by atoms with Crippen molar-refractivity contribution in [2.24, 2.45) is 5.92 Å². The first-order valence-electron chi connectivity index (χ1n) is 8.56. The van der Waals surface area contributed by atoms with Gasteiger partial charge >= 0.3 is 0 Å². The average molecular weight is 332 g/mol. The molecule has 0 aliphatic carbocycles. The van der Waals surface area contributed by atoms with Crippen LogP contribution in [0, 0.1) is 5.92 Å². The van der Waals surface area contributed by atoms with Crippen LogP contribution >= 0.6 is 0 Å². The Hall–Kier alpha value is -2.08. The molecule has 2 heterocycles. The number of rotatable bonds is 4. The summed E-state index contributed by atoms with van der Waals surface area (Å²) in [7, 11) is 0. The number of hydrogen-bond donors (Lipinski definition) is 0. The van der Waals surface area contributed by atoms with Crippen LogP contribution in [0.5, 0.6) is 5.75 Å². The molecule has 130 valence electrons. The van der Waals surface area contributed by atoms with Crippen LogP contribution in [-0.2, 0) is 14.3 Å². The number of amides is 2. The van der Waals surface area contributed by atoms with E-state index in [-0.39, 0.29) is 24.3 Å². The Bertz CT molecular complexity index is 549. The van der Waals surface area contributed by atoms with Crippen molar-refractivity contribution >= 4 is 11.8 Å². The number of nitrogens with zero attached hydrogens (tertiary/aromatic N) is 2. The van der Waals surface area contributed by atoms with E-state index in [0.29, 0.717) is 45.1 Å². The van der Waals surface area contributed by atoms with Gasteiger partial charge in [-0.25, -0.2) is 0 Å². The van der Waals surface area contributed by atoms with Crippen LogP contribution in [0.15, 0.2) is 30.3 Å². The Kier molecular flexibility index (Phi) is 5.69. The third-order valence-corrected chi connectivity index (χ3v) is 4.63. The predicted octanol–water partition coefficient (Wildman–Crippen LogP) is 1.16. The molecule has 0 atom stereocenters. The van der Waals surface area contributed by atoms with Crippen molar-refractivity contribution in [2.45, 2.75) is 12.8 Å². The number of piperidine rings is 1. The van der Waals surface area contributed by atoms with E-state index in [1.165, 1.54) is 0 Å². The standard InChI is InChI=1S/C18H24N2O4/c21-17(14-24-16-4-2-1-3-5-16)19-8-6-15(7-9-19)18(22)20-10-12-23-13-11-20/h1-5,15H,6-14H2. The predicted molar refractivity (Wildman–Crippen MR) is 88.6 cm³/mol. The Morgan fingerprint density at radius 1 is 1.00 bits per heavy atom. The molecular weight excluding hydrogens is 308 g/mol. The fourth-order valence-corrected chi connectivity index (χ4v) is 3.17. The van der Waals surface area contributed by atoms with Crippen molar-refractivity contribution in [1.82, 2.24) is 9.80 Å². The first kappa shape index (κ1) is 16.8. The van der Waals surface area contributed by atoms with Gasteiger partial charge in [0.1, 0.15) is 5.75 Å². The molecule has 2 aliphatic heterocycles. The van der Waals surface area contributed by atoms with Crippen molar-refractivity contribution in [2.75, 3.05) is 46.0 Å². The molecule has 6 nitrogen and oxygen atoms in total. The lowest BCUT2D eigenvalue weighted by molar-refractivity contribution is -0.144. The summed E-state index contributed by atoms with van der Waals surface area (Å²) in [6.07, 6.45) is 1.46. The maximum absolute atomic E-state index is 12.5. The van der Waals surface area contributed by atoms with Gasteiger partial charge in [0.2, 0.25) is 5.91 Å². The summed E-state index contributed by atoms with van der Waals surface area (Å²) in [6, 6.07) is 9.33. The highest BCUT2D eigenvalue weighted by atomic mass is 16.5. The molecule has 2 aliphatic rings. The lowest BCUT2D eigenvalue weighted by Gasteiger charge is -2.35. The highest BCUT2D eigenvalue weighted by molar-refractivity contribution is 5.80. The highest BCUT2D eigenvalue weighted by Crippen LogP contribution is 2.20. The number of benzene rings is 1. The lowest BCUT2D eigenvalue weighted by Crippen LogP contribution is -2.48. The molecular formula is C18H24N2O4. The van der Waals surface area contributed by atoms with Gasteiger partial charge in [-0.15, -0.1) is 0 Å². The molecule has 0 aromatic heterocycles. The van der Waals surface area contributed by atoms with Crippen molar-refractivity contribution in [3.8, 4) is 5.75 Å². The molecule has 24 heavy (non-hydrogen) atoms. The van der Waals surface area contributed by atoms with Crippen LogP contribution in [0.2, 0.25) is 0 Å². The van der Waals surface area contributed by atoms with E-state index in [1.54, 1.807) is 4.90 Å². The third-order valence-electron chi connectivity index (χ3n) is 4.63. The number of carbonyl (C=O) groups is 2. The summed E-state index contributed by atoms with van der Waals surface area (Å²) >= 11 is 0. The van der Waals surface area contributed by atoms with Gasteiger partial charge in [0.05, 0.1) is 13.2 Å². The number of para-hydroxylation sites is 1. The smallest absolute Gasteiger partial charge is 0.260 e. The number of carbonyl (C=O) groups excluding carboxylic acids is 2. The minimum atomic E-state index is -0.0175. The highest BCUT2D eigenvalue weighted by Gasteiger charge is 2.30. The number of likely N-dealkylation sites (tertiary alicyclic amines) is 1. The monoisotopic (exact) mass is 332 g/mol. The van der Waals surface area contributed by atoms with Gasteiger partial charge in [-0.1, -0.05) is 18.2 Å². The van der Waals surface area contributed by atoms with E-state index < -0.39 is 0 Å². The Labute approximate surface area is 142 Å². The van der Waals surface area contributed by atoms with Crippen LogP contribution in [0.1, 0.15) is 12.8 Å². The normalized spacial score (nSPS) is 19.2. The zero-order valence-electron chi connectivity index (χ0n) is 13.9. The Balaban J connectivity index is 1.42. The first-order valence-corrected chi connectivity index (χ1v) is 8.56. The second-order valence-corrected chi connectivity index (χ2v) is 6.19. The van der Waals surface area contributed by atoms with Crippen LogP contribution in [0.25, 0.3) is 0 Å². The van der Waals surface area contributed by atoms with Crippen LogP contribution in [0.4, 0.5) is 0 Å². The zero-order valence-corrected chi connectivity index (χ0v) is 13.9. The van der Waals surface area contributed by atoms with E-state index >= 15 is 0 Å². The van der Waals surface area contributed by atoms with Gasteiger partial charge in [-0.05, 0) is 25.0 Å². The number of hydrogen-bond acceptors (Lipinski definition) is 4. The molecule has 1 aromatic carbocycles. The fourth-order valence-electron chi connectivity index (χ4n) is 3.17. The summed E-state index contributed by atoms with van der Waals surface area (Å²) < 4.78 is 10.8.